The number of benzene rings is 1. The van der Waals surface area contributed by atoms with E-state index in [1.165, 1.54) is 0 Å². The third kappa shape index (κ3) is 3.92. The molecule has 1 aromatic heterocycles. The van der Waals surface area contributed by atoms with Gasteiger partial charge in [0, 0.05) is 31.5 Å². The van der Waals surface area contributed by atoms with E-state index in [1.54, 1.807) is 7.11 Å². The maximum Gasteiger partial charge on any atom is 0.315 e. The Morgan fingerprint density at radius 2 is 2.24 bits per heavy atom. The Morgan fingerprint density at radius 1 is 1.40 bits per heavy atom. The van der Waals surface area contributed by atoms with Crippen molar-refractivity contribution in [3.05, 3.63) is 41.0 Å². The Labute approximate surface area is 147 Å². The molecule has 25 heavy (non-hydrogen) atoms. The van der Waals surface area contributed by atoms with E-state index in [2.05, 4.69) is 25.4 Å². The SMILES string of the molecule is COc1ccc(C)cc1[C@@H](C)NC(=O)NCCc1nnc2n1CCC2. The van der Waals surface area contributed by atoms with Gasteiger partial charge in [-0.25, -0.2) is 4.79 Å². The number of rotatable bonds is 6. The first-order valence-electron chi connectivity index (χ1n) is 8.68. The number of amides is 2. The highest BCUT2D eigenvalue weighted by molar-refractivity contribution is 5.74. The molecular formula is C18H25N5O2. The topological polar surface area (TPSA) is 81.1 Å². The minimum Gasteiger partial charge on any atom is -0.496 e. The Morgan fingerprint density at radius 3 is 3.04 bits per heavy atom. The lowest BCUT2D eigenvalue weighted by Crippen LogP contribution is -2.38. The van der Waals surface area contributed by atoms with Crippen molar-refractivity contribution in [2.45, 2.75) is 45.7 Å². The van der Waals surface area contributed by atoms with Crippen LogP contribution in [0.5, 0.6) is 5.75 Å². The molecule has 0 unspecified atom stereocenters. The lowest BCUT2D eigenvalue weighted by Gasteiger charge is -2.18. The molecule has 1 aromatic carbocycles. The van der Waals surface area contributed by atoms with E-state index in [4.69, 9.17) is 4.74 Å². The third-order valence-electron chi connectivity index (χ3n) is 4.52. The van der Waals surface area contributed by atoms with Gasteiger partial charge in [0.15, 0.2) is 0 Å². The molecule has 0 bridgehead atoms. The van der Waals surface area contributed by atoms with Crippen LogP contribution in [-0.2, 0) is 19.4 Å². The number of fused-ring (bicyclic) bond motifs is 1. The number of hydrogen-bond acceptors (Lipinski definition) is 4. The Bertz CT molecular complexity index is 756. The molecule has 7 nitrogen and oxygen atoms in total. The lowest BCUT2D eigenvalue weighted by molar-refractivity contribution is 0.237. The van der Waals surface area contributed by atoms with E-state index >= 15 is 0 Å². The van der Waals surface area contributed by atoms with Crippen LogP contribution in [0.25, 0.3) is 0 Å². The second kappa shape index (κ2) is 7.55. The summed E-state index contributed by atoms with van der Waals surface area (Å²) < 4.78 is 7.54. The van der Waals surface area contributed by atoms with Crippen molar-refractivity contribution in [2.24, 2.45) is 0 Å². The zero-order valence-electron chi connectivity index (χ0n) is 15.0. The van der Waals surface area contributed by atoms with Gasteiger partial charge >= 0.3 is 6.03 Å². The van der Waals surface area contributed by atoms with Crippen LogP contribution >= 0.6 is 0 Å². The number of aromatic nitrogens is 3. The predicted octanol–water partition coefficient (Wildman–Crippen LogP) is 2.14. The molecule has 7 heteroatoms. The number of nitrogens with one attached hydrogen (secondary N) is 2. The molecule has 3 rings (SSSR count). The highest BCUT2D eigenvalue weighted by Gasteiger charge is 2.17. The molecule has 0 saturated carbocycles. The largest absolute Gasteiger partial charge is 0.496 e. The predicted molar refractivity (Wildman–Crippen MR) is 94.7 cm³/mol. The van der Waals surface area contributed by atoms with Crippen LogP contribution in [0.15, 0.2) is 18.2 Å². The van der Waals surface area contributed by atoms with Crippen molar-refractivity contribution < 1.29 is 9.53 Å². The maximum absolute atomic E-state index is 12.2. The molecular weight excluding hydrogens is 318 g/mol. The molecule has 0 radical (unpaired) electrons. The zero-order chi connectivity index (χ0) is 17.8. The monoisotopic (exact) mass is 343 g/mol. The lowest BCUT2D eigenvalue weighted by atomic mass is 10.0. The molecule has 2 N–H and O–H groups in total. The van der Waals surface area contributed by atoms with E-state index in [9.17, 15) is 4.79 Å². The Hall–Kier alpha value is -2.57. The van der Waals surface area contributed by atoms with Gasteiger partial charge in [0.05, 0.1) is 13.2 Å². The van der Waals surface area contributed by atoms with Gasteiger partial charge in [-0.05, 0) is 26.3 Å². The van der Waals surface area contributed by atoms with Gasteiger partial charge in [0.1, 0.15) is 17.4 Å². The second-order valence-corrected chi connectivity index (χ2v) is 6.40. The first kappa shape index (κ1) is 17.3. The summed E-state index contributed by atoms with van der Waals surface area (Å²) in [6.45, 7) is 5.48. The maximum atomic E-state index is 12.2. The van der Waals surface area contributed by atoms with Crippen molar-refractivity contribution in [2.75, 3.05) is 13.7 Å². The van der Waals surface area contributed by atoms with Gasteiger partial charge in [0.2, 0.25) is 0 Å². The summed E-state index contributed by atoms with van der Waals surface area (Å²) in [6.07, 6.45) is 2.81. The molecule has 2 aromatic rings. The Balaban J connectivity index is 1.51. The summed E-state index contributed by atoms with van der Waals surface area (Å²) in [5.41, 5.74) is 2.10. The number of carbonyl (C=O) groups is 1. The summed E-state index contributed by atoms with van der Waals surface area (Å²) in [5.74, 6) is 2.78. The number of hydrogen-bond donors (Lipinski definition) is 2. The molecule has 0 aliphatic carbocycles. The van der Waals surface area contributed by atoms with E-state index in [0.29, 0.717) is 13.0 Å². The minimum atomic E-state index is -0.197. The van der Waals surface area contributed by atoms with Crippen molar-refractivity contribution in [1.29, 1.82) is 0 Å². The van der Waals surface area contributed by atoms with E-state index in [1.807, 2.05) is 32.0 Å². The average Bonchev–Trinajstić information content (AvgIpc) is 3.19. The summed E-state index contributed by atoms with van der Waals surface area (Å²) in [7, 11) is 1.64. The van der Waals surface area contributed by atoms with Crippen LogP contribution in [0.3, 0.4) is 0 Å². The number of aryl methyl sites for hydroxylation is 2. The minimum absolute atomic E-state index is 0.146. The number of carbonyl (C=O) groups excluding carboxylic acids is 1. The van der Waals surface area contributed by atoms with Crippen LogP contribution in [0.2, 0.25) is 0 Å². The number of ether oxygens (including phenoxy) is 1. The third-order valence-corrected chi connectivity index (χ3v) is 4.52. The zero-order valence-corrected chi connectivity index (χ0v) is 15.0. The van der Waals surface area contributed by atoms with Gasteiger partial charge < -0.3 is 19.9 Å². The van der Waals surface area contributed by atoms with Gasteiger partial charge in [-0.2, -0.15) is 0 Å². The van der Waals surface area contributed by atoms with Crippen LogP contribution in [-0.4, -0.2) is 34.5 Å². The quantitative estimate of drug-likeness (QED) is 0.842. The van der Waals surface area contributed by atoms with Gasteiger partial charge in [0.25, 0.3) is 0 Å². The normalized spacial score (nSPS) is 14.0. The smallest absolute Gasteiger partial charge is 0.315 e. The molecule has 0 saturated heterocycles. The van der Waals surface area contributed by atoms with Crippen molar-refractivity contribution in [1.82, 2.24) is 25.4 Å². The molecule has 1 aliphatic rings. The van der Waals surface area contributed by atoms with Crippen LogP contribution < -0.4 is 15.4 Å². The molecule has 134 valence electrons. The van der Waals surface area contributed by atoms with Crippen LogP contribution in [0.4, 0.5) is 4.79 Å². The summed E-state index contributed by atoms with van der Waals surface area (Å²) in [6, 6.07) is 5.60. The van der Waals surface area contributed by atoms with E-state index in [-0.39, 0.29) is 12.1 Å². The van der Waals surface area contributed by atoms with Crippen LogP contribution in [0, 0.1) is 6.92 Å². The average molecular weight is 343 g/mol. The molecule has 2 heterocycles. The summed E-state index contributed by atoms with van der Waals surface area (Å²) >= 11 is 0. The fourth-order valence-corrected chi connectivity index (χ4v) is 3.20. The molecule has 2 amide bonds. The molecule has 0 spiro atoms. The number of methoxy groups -OCH3 is 1. The Kier molecular flexibility index (Phi) is 5.21. The summed E-state index contributed by atoms with van der Waals surface area (Å²) in [5, 5.41) is 14.2. The molecule has 0 fully saturated rings. The van der Waals surface area contributed by atoms with Crippen molar-refractivity contribution >= 4 is 6.03 Å². The van der Waals surface area contributed by atoms with Gasteiger partial charge in [-0.1, -0.05) is 17.7 Å². The fourth-order valence-electron chi connectivity index (χ4n) is 3.20. The fraction of sp³-hybridized carbons (Fsp3) is 0.500. The van der Waals surface area contributed by atoms with E-state index < -0.39 is 0 Å². The molecule has 1 aliphatic heterocycles. The highest BCUT2D eigenvalue weighted by Crippen LogP contribution is 2.25. The van der Waals surface area contributed by atoms with Gasteiger partial charge in [-0.15, -0.1) is 10.2 Å². The van der Waals surface area contributed by atoms with E-state index in [0.717, 1.165) is 47.9 Å². The van der Waals surface area contributed by atoms with Crippen LogP contribution in [0.1, 0.15) is 42.2 Å². The standard InChI is InChI=1S/C18H25N5O2/c1-12-6-7-15(25-3)14(11-12)13(2)20-18(24)19-9-8-17-22-21-16-5-4-10-23(16)17/h6-7,11,13H,4-5,8-10H2,1-3H3,(H2,19,20,24)/t13-/m1/s1. The van der Waals surface area contributed by atoms with Crippen molar-refractivity contribution in [3.8, 4) is 5.75 Å². The second-order valence-electron chi connectivity index (χ2n) is 6.40. The van der Waals surface area contributed by atoms with Crippen molar-refractivity contribution in [3.63, 3.8) is 0 Å². The number of urea groups is 1. The van der Waals surface area contributed by atoms with Gasteiger partial charge in [-0.3, -0.25) is 0 Å². The first-order chi connectivity index (χ1) is 12.1. The number of nitrogens with zero attached hydrogens (tertiary/aromatic N) is 3. The first-order valence-corrected chi connectivity index (χ1v) is 8.68. The molecule has 1 atom stereocenters. The highest BCUT2D eigenvalue weighted by atomic mass is 16.5. The summed E-state index contributed by atoms with van der Waals surface area (Å²) in [4.78, 5) is 12.2.